The van der Waals surface area contributed by atoms with Crippen LogP contribution >= 0.6 is 0 Å². The molecular formula is C20H21FN2O2. The smallest absolute Gasteiger partial charge is 0.187 e. The van der Waals surface area contributed by atoms with Crippen molar-refractivity contribution in [2.45, 2.75) is 25.0 Å². The van der Waals surface area contributed by atoms with Gasteiger partial charge < -0.3 is 14.6 Å². The van der Waals surface area contributed by atoms with Crippen LogP contribution in [-0.4, -0.2) is 25.3 Å². The summed E-state index contributed by atoms with van der Waals surface area (Å²) in [6.07, 6.45) is 1.31. The Labute approximate surface area is 147 Å². The summed E-state index contributed by atoms with van der Waals surface area (Å²) in [5.74, 6) is -0.294. The Bertz CT molecular complexity index is 806. The summed E-state index contributed by atoms with van der Waals surface area (Å²) in [7, 11) is 3.24. The number of rotatable bonds is 5. The maximum absolute atomic E-state index is 13.4. The SMILES string of the molecule is [C-]#[N+]c1ccc2c(c1)COC2(CCC[N+](C)(C)[O-])c1ccc(F)cc1. The second-order valence-electron chi connectivity index (χ2n) is 6.98. The van der Waals surface area contributed by atoms with E-state index in [1.54, 1.807) is 32.3 Å². The Hall–Kier alpha value is -2.26. The summed E-state index contributed by atoms with van der Waals surface area (Å²) in [4.78, 5) is 3.48. The molecule has 0 saturated heterocycles. The third kappa shape index (κ3) is 3.57. The van der Waals surface area contributed by atoms with Crippen LogP contribution in [0.15, 0.2) is 42.5 Å². The number of hydrogen-bond acceptors (Lipinski definition) is 2. The molecule has 0 aromatic heterocycles. The van der Waals surface area contributed by atoms with Gasteiger partial charge >= 0.3 is 0 Å². The highest BCUT2D eigenvalue weighted by atomic mass is 19.1. The number of hydrogen-bond donors (Lipinski definition) is 0. The molecule has 1 atom stereocenters. The molecule has 0 spiro atoms. The number of quaternary nitrogens is 1. The van der Waals surface area contributed by atoms with E-state index in [0.717, 1.165) is 16.7 Å². The maximum atomic E-state index is 13.4. The van der Waals surface area contributed by atoms with Gasteiger partial charge in [0.15, 0.2) is 5.69 Å². The number of nitrogens with zero attached hydrogens (tertiary/aromatic N) is 2. The molecule has 0 saturated carbocycles. The van der Waals surface area contributed by atoms with Crippen LogP contribution in [0, 0.1) is 17.6 Å². The standard InChI is InChI=1S/C20H21FN2O2/c1-22-18-9-10-19-15(13-18)14-25-20(19,11-4-12-23(2,3)24)16-5-7-17(21)8-6-16/h5-10,13H,4,11-12,14H2,2-3H3. The van der Waals surface area contributed by atoms with Crippen LogP contribution in [0.4, 0.5) is 10.1 Å². The van der Waals surface area contributed by atoms with E-state index >= 15 is 0 Å². The molecule has 1 heterocycles. The van der Waals surface area contributed by atoms with Gasteiger partial charge in [0, 0.05) is 6.42 Å². The molecule has 1 aliphatic rings. The predicted molar refractivity (Wildman–Crippen MR) is 94.2 cm³/mol. The van der Waals surface area contributed by atoms with E-state index in [9.17, 15) is 9.60 Å². The average molecular weight is 340 g/mol. The summed E-state index contributed by atoms with van der Waals surface area (Å²) < 4.78 is 19.2. The summed E-state index contributed by atoms with van der Waals surface area (Å²) in [6, 6.07) is 11.9. The van der Waals surface area contributed by atoms with Crippen LogP contribution in [0.2, 0.25) is 0 Å². The molecule has 0 bridgehead atoms. The van der Waals surface area contributed by atoms with Crippen molar-refractivity contribution in [1.29, 1.82) is 0 Å². The molecule has 4 nitrogen and oxygen atoms in total. The summed E-state index contributed by atoms with van der Waals surface area (Å²) in [6.45, 7) is 8.06. The molecule has 3 rings (SSSR count). The van der Waals surface area contributed by atoms with E-state index in [0.29, 0.717) is 31.7 Å². The number of halogens is 1. The van der Waals surface area contributed by atoms with Gasteiger partial charge in [-0.15, -0.1) is 0 Å². The number of hydroxylamine groups is 3. The van der Waals surface area contributed by atoms with Gasteiger partial charge in [0.05, 0.1) is 33.8 Å². The van der Waals surface area contributed by atoms with Gasteiger partial charge in [0.25, 0.3) is 0 Å². The van der Waals surface area contributed by atoms with E-state index in [1.165, 1.54) is 12.1 Å². The van der Waals surface area contributed by atoms with Crippen molar-refractivity contribution < 1.29 is 13.8 Å². The van der Waals surface area contributed by atoms with Crippen molar-refractivity contribution in [3.8, 4) is 0 Å². The van der Waals surface area contributed by atoms with E-state index in [1.807, 2.05) is 12.1 Å². The first-order valence-electron chi connectivity index (χ1n) is 8.29. The van der Waals surface area contributed by atoms with Crippen molar-refractivity contribution in [3.63, 3.8) is 0 Å². The number of fused-ring (bicyclic) bond motifs is 1. The lowest BCUT2D eigenvalue weighted by Gasteiger charge is -2.36. The van der Waals surface area contributed by atoms with Crippen LogP contribution < -0.4 is 0 Å². The largest absolute Gasteiger partial charge is 0.633 e. The minimum atomic E-state index is -0.696. The fraction of sp³-hybridized carbons (Fsp3) is 0.350. The number of ether oxygens (including phenoxy) is 1. The molecule has 0 fully saturated rings. The zero-order chi connectivity index (χ0) is 18.1. The highest BCUT2D eigenvalue weighted by Crippen LogP contribution is 2.46. The minimum absolute atomic E-state index is 0.294. The summed E-state index contributed by atoms with van der Waals surface area (Å²) in [5.41, 5.74) is 2.74. The van der Waals surface area contributed by atoms with Crippen LogP contribution in [0.5, 0.6) is 0 Å². The fourth-order valence-electron chi connectivity index (χ4n) is 3.46. The second kappa shape index (κ2) is 6.57. The van der Waals surface area contributed by atoms with Gasteiger partial charge in [-0.2, -0.15) is 0 Å². The molecule has 0 amide bonds. The Balaban J connectivity index is 2.00. The first-order valence-corrected chi connectivity index (χ1v) is 8.29. The molecule has 2 aromatic rings. The average Bonchev–Trinajstić information content (AvgIpc) is 2.93. The maximum Gasteiger partial charge on any atom is 0.187 e. The van der Waals surface area contributed by atoms with Gasteiger partial charge in [-0.25, -0.2) is 9.24 Å². The Morgan fingerprint density at radius 1 is 1.24 bits per heavy atom. The molecule has 5 heteroatoms. The third-order valence-electron chi connectivity index (χ3n) is 4.66. The summed E-state index contributed by atoms with van der Waals surface area (Å²) in [5, 5.41) is 11.9. The predicted octanol–water partition coefficient (Wildman–Crippen LogP) is 4.50. The number of benzene rings is 2. The second-order valence-corrected chi connectivity index (χ2v) is 6.98. The highest BCUT2D eigenvalue weighted by Gasteiger charge is 2.41. The molecule has 25 heavy (non-hydrogen) atoms. The Morgan fingerprint density at radius 2 is 1.96 bits per heavy atom. The minimum Gasteiger partial charge on any atom is -0.633 e. The van der Waals surface area contributed by atoms with Gasteiger partial charge in [0.1, 0.15) is 11.4 Å². The zero-order valence-electron chi connectivity index (χ0n) is 14.5. The van der Waals surface area contributed by atoms with Crippen molar-refractivity contribution in [3.05, 3.63) is 81.6 Å². The van der Waals surface area contributed by atoms with Gasteiger partial charge in [0.2, 0.25) is 0 Å². The molecule has 130 valence electrons. The molecular weight excluding hydrogens is 319 g/mol. The molecule has 1 unspecified atom stereocenters. The van der Waals surface area contributed by atoms with Gasteiger partial charge in [-0.05, 0) is 35.2 Å². The van der Waals surface area contributed by atoms with Crippen LogP contribution in [0.25, 0.3) is 4.85 Å². The van der Waals surface area contributed by atoms with Crippen molar-refractivity contribution in [1.82, 2.24) is 0 Å². The monoisotopic (exact) mass is 340 g/mol. The molecule has 1 aliphatic heterocycles. The van der Waals surface area contributed by atoms with Crippen LogP contribution in [-0.2, 0) is 16.9 Å². The molecule has 0 N–H and O–H groups in total. The normalized spacial score (nSPS) is 19.5. The first kappa shape index (κ1) is 17.6. The molecule has 0 radical (unpaired) electrons. The van der Waals surface area contributed by atoms with E-state index in [4.69, 9.17) is 11.3 Å². The van der Waals surface area contributed by atoms with Gasteiger partial charge in [-0.1, -0.05) is 30.3 Å². The van der Waals surface area contributed by atoms with Gasteiger partial charge in [-0.3, -0.25) is 0 Å². The molecule has 2 aromatic carbocycles. The van der Waals surface area contributed by atoms with Crippen molar-refractivity contribution in [2.75, 3.05) is 20.6 Å². The van der Waals surface area contributed by atoms with E-state index < -0.39 is 5.60 Å². The third-order valence-corrected chi connectivity index (χ3v) is 4.66. The van der Waals surface area contributed by atoms with Crippen molar-refractivity contribution in [2.24, 2.45) is 0 Å². The topological polar surface area (TPSA) is 36.6 Å². The van der Waals surface area contributed by atoms with E-state index in [-0.39, 0.29) is 10.5 Å². The lowest BCUT2D eigenvalue weighted by Crippen LogP contribution is -2.35. The lowest BCUT2D eigenvalue weighted by atomic mass is 9.82. The van der Waals surface area contributed by atoms with Crippen LogP contribution in [0.1, 0.15) is 29.5 Å². The Kier molecular flexibility index (Phi) is 4.61. The molecule has 0 aliphatic carbocycles. The quantitative estimate of drug-likeness (QED) is 0.456. The highest BCUT2D eigenvalue weighted by molar-refractivity contribution is 5.54. The first-order chi connectivity index (χ1) is 11.8. The van der Waals surface area contributed by atoms with Crippen molar-refractivity contribution >= 4 is 5.69 Å². The van der Waals surface area contributed by atoms with Crippen LogP contribution in [0.3, 0.4) is 0 Å². The summed E-state index contributed by atoms with van der Waals surface area (Å²) >= 11 is 0. The lowest BCUT2D eigenvalue weighted by molar-refractivity contribution is -0.840. The Morgan fingerprint density at radius 3 is 2.60 bits per heavy atom. The van der Waals surface area contributed by atoms with E-state index in [2.05, 4.69) is 4.85 Å². The fourth-order valence-corrected chi connectivity index (χ4v) is 3.46. The zero-order valence-corrected chi connectivity index (χ0v) is 14.5.